The summed E-state index contributed by atoms with van der Waals surface area (Å²) in [4.78, 5) is 19.6. The van der Waals surface area contributed by atoms with Crippen LogP contribution in [0, 0.1) is 5.92 Å². The number of allylic oxidation sites excluding steroid dienone is 1. The van der Waals surface area contributed by atoms with Crippen molar-refractivity contribution in [2.45, 2.75) is 20.8 Å². The van der Waals surface area contributed by atoms with Crippen molar-refractivity contribution in [3.63, 3.8) is 0 Å². The van der Waals surface area contributed by atoms with Gasteiger partial charge in [-0.25, -0.2) is 10.3 Å². The van der Waals surface area contributed by atoms with E-state index in [-0.39, 0.29) is 11.9 Å². The molecule has 0 amide bonds. The van der Waals surface area contributed by atoms with Gasteiger partial charge in [0.25, 0.3) is 0 Å². The Bertz CT molecular complexity index is 220. The van der Waals surface area contributed by atoms with Gasteiger partial charge in [0.1, 0.15) is 0 Å². The molecule has 0 atom stereocenters. The summed E-state index contributed by atoms with van der Waals surface area (Å²) in [5.74, 6) is 0.0818. The van der Waals surface area contributed by atoms with Crippen LogP contribution in [0.5, 0.6) is 0 Å². The Morgan fingerprint density at radius 1 is 1.54 bits per heavy atom. The van der Waals surface area contributed by atoms with Crippen LogP contribution >= 0.6 is 0 Å². The molecule has 0 saturated heterocycles. The van der Waals surface area contributed by atoms with Gasteiger partial charge in [0.05, 0.1) is 5.92 Å². The molecular formula is C9H16N2O2. The predicted molar refractivity (Wildman–Crippen MR) is 52.2 cm³/mol. The van der Waals surface area contributed by atoms with Crippen molar-refractivity contribution in [2.24, 2.45) is 10.9 Å². The van der Waals surface area contributed by atoms with Crippen LogP contribution in [0.2, 0.25) is 0 Å². The number of amidine groups is 1. The zero-order chi connectivity index (χ0) is 10.3. The van der Waals surface area contributed by atoms with Crippen LogP contribution < -0.4 is 5.48 Å². The van der Waals surface area contributed by atoms with Crippen LogP contribution in [0.1, 0.15) is 20.8 Å². The second-order valence-corrected chi connectivity index (χ2v) is 2.79. The maximum absolute atomic E-state index is 11.0. The molecule has 0 bridgehead atoms. The number of hydrogen-bond acceptors (Lipinski definition) is 3. The summed E-state index contributed by atoms with van der Waals surface area (Å²) in [5.41, 5.74) is 2.47. The molecule has 74 valence electrons. The maximum atomic E-state index is 11.0. The van der Waals surface area contributed by atoms with Gasteiger partial charge in [0, 0.05) is 7.05 Å². The number of carbonyl (C=O) groups is 1. The monoisotopic (exact) mass is 184 g/mol. The van der Waals surface area contributed by atoms with Crippen molar-refractivity contribution in [3.8, 4) is 0 Å². The molecule has 0 radical (unpaired) electrons. The Morgan fingerprint density at radius 3 is 2.54 bits per heavy atom. The summed E-state index contributed by atoms with van der Waals surface area (Å²) in [5, 5.41) is 0. The summed E-state index contributed by atoms with van der Waals surface area (Å²) in [6, 6.07) is 0. The molecule has 0 fully saturated rings. The molecule has 4 heteroatoms. The Labute approximate surface area is 78.6 Å². The van der Waals surface area contributed by atoms with Gasteiger partial charge in [-0.15, -0.1) is 0 Å². The maximum Gasteiger partial charge on any atom is 0.334 e. The van der Waals surface area contributed by atoms with Gasteiger partial charge >= 0.3 is 5.97 Å². The molecule has 13 heavy (non-hydrogen) atoms. The van der Waals surface area contributed by atoms with Gasteiger partial charge < -0.3 is 4.84 Å². The fourth-order valence-corrected chi connectivity index (χ4v) is 0.533. The van der Waals surface area contributed by atoms with Gasteiger partial charge in [-0.05, 0) is 13.0 Å². The van der Waals surface area contributed by atoms with E-state index in [1.807, 2.05) is 6.92 Å². The Balaban J connectivity index is 3.94. The van der Waals surface area contributed by atoms with E-state index >= 15 is 0 Å². The van der Waals surface area contributed by atoms with Gasteiger partial charge in [0.2, 0.25) is 0 Å². The highest BCUT2D eigenvalue weighted by molar-refractivity contribution is 5.92. The van der Waals surface area contributed by atoms with Crippen molar-refractivity contribution in [3.05, 3.63) is 12.2 Å². The van der Waals surface area contributed by atoms with E-state index < -0.39 is 0 Å². The lowest BCUT2D eigenvalue weighted by Crippen LogP contribution is -2.27. The molecule has 0 aromatic heterocycles. The minimum atomic E-state index is -0.300. The summed E-state index contributed by atoms with van der Waals surface area (Å²) >= 11 is 0. The van der Waals surface area contributed by atoms with Gasteiger partial charge in [-0.1, -0.05) is 19.9 Å². The Hall–Kier alpha value is -1.32. The highest BCUT2D eigenvalue weighted by Crippen LogP contribution is 1.93. The molecule has 0 unspecified atom stereocenters. The van der Waals surface area contributed by atoms with Crippen LogP contribution in [-0.2, 0) is 9.63 Å². The first-order valence-corrected chi connectivity index (χ1v) is 4.18. The van der Waals surface area contributed by atoms with E-state index in [1.165, 1.54) is 0 Å². The third kappa shape index (κ3) is 5.00. The van der Waals surface area contributed by atoms with Crippen molar-refractivity contribution < 1.29 is 9.63 Å². The van der Waals surface area contributed by atoms with E-state index in [0.29, 0.717) is 5.84 Å². The normalized spacial score (nSPS) is 12.2. The lowest BCUT2D eigenvalue weighted by atomic mass is 10.2. The molecule has 0 spiro atoms. The third-order valence-electron chi connectivity index (χ3n) is 1.29. The molecule has 0 aliphatic rings. The summed E-state index contributed by atoms with van der Waals surface area (Å²) < 4.78 is 0. The smallest absolute Gasteiger partial charge is 0.334 e. The minimum Gasteiger partial charge on any atom is -0.342 e. The van der Waals surface area contributed by atoms with E-state index in [0.717, 1.165) is 0 Å². The van der Waals surface area contributed by atoms with Gasteiger partial charge in [-0.3, -0.25) is 4.99 Å². The second kappa shape index (κ2) is 6.22. The van der Waals surface area contributed by atoms with Crippen LogP contribution in [0.4, 0.5) is 0 Å². The number of nitrogens with one attached hydrogen (secondary N) is 1. The third-order valence-corrected chi connectivity index (χ3v) is 1.29. The summed E-state index contributed by atoms with van der Waals surface area (Å²) in [6.07, 6.45) is 3.52. The first kappa shape index (κ1) is 11.7. The standard InChI is InChI=1S/C9H16N2O2/c1-5-6-8(10-4)11-13-9(12)7(2)3/h5-7H,1-4H3,(H,10,11)/b6-5-. The lowest BCUT2D eigenvalue weighted by molar-refractivity contribution is -0.151. The largest absolute Gasteiger partial charge is 0.342 e. The first-order chi connectivity index (χ1) is 6.11. The second-order valence-electron chi connectivity index (χ2n) is 2.79. The van der Waals surface area contributed by atoms with Crippen molar-refractivity contribution >= 4 is 11.8 Å². The van der Waals surface area contributed by atoms with Gasteiger partial charge in [0.15, 0.2) is 5.84 Å². The number of carbonyl (C=O) groups excluding carboxylic acids is 1. The van der Waals surface area contributed by atoms with Crippen molar-refractivity contribution in [2.75, 3.05) is 7.05 Å². The minimum absolute atomic E-state index is 0.142. The van der Waals surface area contributed by atoms with E-state index in [9.17, 15) is 4.79 Å². The molecule has 0 aliphatic carbocycles. The molecule has 0 aromatic carbocycles. The van der Waals surface area contributed by atoms with E-state index in [2.05, 4.69) is 10.5 Å². The van der Waals surface area contributed by atoms with E-state index in [1.54, 1.807) is 33.0 Å². The predicted octanol–water partition coefficient (Wildman–Crippen LogP) is 1.29. The zero-order valence-corrected chi connectivity index (χ0v) is 8.50. The lowest BCUT2D eigenvalue weighted by Gasteiger charge is -2.07. The molecule has 0 heterocycles. The summed E-state index contributed by atoms with van der Waals surface area (Å²) in [6.45, 7) is 5.39. The summed E-state index contributed by atoms with van der Waals surface area (Å²) in [7, 11) is 1.62. The number of rotatable bonds is 2. The average molecular weight is 184 g/mol. The SMILES string of the molecule is C/C=C\C(=NC)NOC(=O)C(C)C. The number of aliphatic imine (C=N–C) groups is 1. The number of hydrogen-bond donors (Lipinski definition) is 1. The quantitative estimate of drug-likeness (QED) is 0.400. The fraction of sp³-hybridized carbons (Fsp3) is 0.556. The number of hydroxylamine groups is 1. The van der Waals surface area contributed by atoms with Gasteiger partial charge in [-0.2, -0.15) is 0 Å². The average Bonchev–Trinajstić information content (AvgIpc) is 2.11. The molecular weight excluding hydrogens is 168 g/mol. The topological polar surface area (TPSA) is 50.7 Å². The van der Waals surface area contributed by atoms with Crippen molar-refractivity contribution in [1.29, 1.82) is 0 Å². The molecule has 0 aliphatic heterocycles. The van der Waals surface area contributed by atoms with Crippen LogP contribution in [0.15, 0.2) is 17.1 Å². The molecule has 0 saturated carbocycles. The highest BCUT2D eigenvalue weighted by atomic mass is 16.7. The fourth-order valence-electron chi connectivity index (χ4n) is 0.533. The highest BCUT2D eigenvalue weighted by Gasteiger charge is 2.08. The first-order valence-electron chi connectivity index (χ1n) is 4.18. The zero-order valence-electron chi connectivity index (χ0n) is 8.50. The van der Waals surface area contributed by atoms with Crippen molar-refractivity contribution in [1.82, 2.24) is 5.48 Å². The Kier molecular flexibility index (Phi) is 5.59. The molecule has 4 nitrogen and oxygen atoms in total. The van der Waals surface area contributed by atoms with Crippen LogP contribution in [0.3, 0.4) is 0 Å². The van der Waals surface area contributed by atoms with Crippen LogP contribution in [0.25, 0.3) is 0 Å². The Morgan fingerprint density at radius 2 is 2.15 bits per heavy atom. The number of nitrogens with zero attached hydrogens (tertiary/aromatic N) is 1. The van der Waals surface area contributed by atoms with E-state index in [4.69, 9.17) is 4.84 Å². The van der Waals surface area contributed by atoms with Crippen LogP contribution in [-0.4, -0.2) is 18.9 Å². The molecule has 1 N–H and O–H groups in total. The molecule has 0 aromatic rings. The molecule has 0 rings (SSSR count).